The Morgan fingerprint density at radius 1 is 1.20 bits per heavy atom. The summed E-state index contributed by atoms with van der Waals surface area (Å²) in [6.45, 7) is 0. The number of anilines is 1. The van der Waals surface area contributed by atoms with Crippen LogP contribution in [0.4, 0.5) is 10.5 Å². The van der Waals surface area contributed by atoms with Gasteiger partial charge in [-0.2, -0.15) is 0 Å². The first-order valence-corrected chi connectivity index (χ1v) is 9.90. The third kappa shape index (κ3) is 3.45. The van der Waals surface area contributed by atoms with Gasteiger partial charge in [-0.05, 0) is 60.8 Å². The van der Waals surface area contributed by atoms with E-state index in [1.54, 1.807) is 0 Å². The largest absolute Gasteiger partial charge is 0.404 e. The van der Waals surface area contributed by atoms with Gasteiger partial charge in [0, 0.05) is 25.1 Å². The van der Waals surface area contributed by atoms with Crippen LogP contribution < -0.4 is 16.2 Å². The van der Waals surface area contributed by atoms with Gasteiger partial charge in [-0.1, -0.05) is 6.07 Å². The number of fused-ring (bicyclic) bond motifs is 2. The molecule has 5 N–H and O–H groups in total. The Labute approximate surface area is 147 Å². The van der Waals surface area contributed by atoms with Gasteiger partial charge in [0.2, 0.25) is 0 Å². The van der Waals surface area contributed by atoms with E-state index < -0.39 is 15.9 Å². The molecule has 0 bridgehead atoms. The van der Waals surface area contributed by atoms with Gasteiger partial charge < -0.3 is 11.1 Å². The minimum Gasteiger partial charge on any atom is -0.404 e. The fourth-order valence-electron chi connectivity index (χ4n) is 3.62. The monoisotopic (exact) mass is 361 g/mol. The molecule has 0 saturated heterocycles. The lowest BCUT2D eigenvalue weighted by molar-refractivity contribution is 0.260. The normalized spacial score (nSPS) is 18.7. The summed E-state index contributed by atoms with van der Waals surface area (Å²) >= 11 is 0. The van der Waals surface area contributed by atoms with Crippen molar-refractivity contribution < 1.29 is 9.00 Å². The molecule has 1 unspecified atom stereocenters. The van der Waals surface area contributed by atoms with E-state index in [2.05, 4.69) is 20.7 Å². The van der Waals surface area contributed by atoms with E-state index in [9.17, 15) is 9.00 Å². The van der Waals surface area contributed by atoms with Gasteiger partial charge in [-0.15, -0.1) is 4.36 Å². The van der Waals surface area contributed by atoms with Crippen molar-refractivity contribution in [2.45, 2.75) is 38.5 Å². The Morgan fingerprint density at radius 3 is 2.32 bits per heavy atom. The van der Waals surface area contributed by atoms with Crippen LogP contribution in [0.1, 0.15) is 35.1 Å². The van der Waals surface area contributed by atoms with Gasteiger partial charge in [0.15, 0.2) is 0 Å². The molecule has 0 heterocycles. The summed E-state index contributed by atoms with van der Waals surface area (Å²) in [4.78, 5) is 16.2. The minimum atomic E-state index is -3.43. The van der Waals surface area contributed by atoms with Gasteiger partial charge in [-0.3, -0.25) is 4.99 Å². The number of allylic oxidation sites excluding steroid dienone is 1. The molecule has 0 radical (unpaired) electrons. The summed E-state index contributed by atoms with van der Waals surface area (Å²) in [6, 6.07) is 1.56. The zero-order valence-electron chi connectivity index (χ0n) is 14.2. The summed E-state index contributed by atoms with van der Waals surface area (Å²) in [7, 11) is -1.94. The second-order valence-electron chi connectivity index (χ2n) is 6.28. The third-order valence-corrected chi connectivity index (χ3v) is 6.04. The second kappa shape index (κ2) is 6.97. The molecule has 134 valence electrons. The Balaban J connectivity index is 1.95. The molecule has 1 aromatic rings. The molecule has 7 nitrogen and oxygen atoms in total. The van der Waals surface area contributed by atoms with Crippen LogP contribution in [-0.2, 0) is 35.6 Å². The molecule has 2 aliphatic rings. The molecule has 1 aromatic carbocycles. The number of nitrogens with one attached hydrogen (secondary N) is 1. The number of nitrogens with two attached hydrogens (primary N) is 2. The lowest BCUT2D eigenvalue weighted by Gasteiger charge is -2.15. The van der Waals surface area contributed by atoms with Crippen LogP contribution in [0.2, 0.25) is 0 Å². The summed E-state index contributed by atoms with van der Waals surface area (Å²) < 4.78 is 16.1. The molecule has 1 atom stereocenters. The molecule has 25 heavy (non-hydrogen) atoms. The average Bonchev–Trinajstić information content (AvgIpc) is 3.20. The van der Waals surface area contributed by atoms with Crippen molar-refractivity contribution in [2.24, 2.45) is 20.2 Å². The molecule has 0 spiro atoms. The van der Waals surface area contributed by atoms with Gasteiger partial charge in [0.25, 0.3) is 0 Å². The Kier molecular flexibility index (Phi) is 4.91. The maximum Gasteiger partial charge on any atom is 0.354 e. The third-order valence-electron chi connectivity index (χ3n) is 4.68. The maximum absolute atomic E-state index is 12.5. The molecule has 2 aliphatic carbocycles. The van der Waals surface area contributed by atoms with Gasteiger partial charge >= 0.3 is 6.03 Å². The number of nitrogens with zero attached hydrogens (tertiary/aromatic N) is 2. The number of carbonyl (C=O) groups is 1. The Bertz CT molecular complexity index is 863. The number of rotatable bonds is 3. The zero-order chi connectivity index (χ0) is 18.0. The van der Waals surface area contributed by atoms with Crippen molar-refractivity contribution in [3.8, 4) is 0 Å². The highest BCUT2D eigenvalue weighted by atomic mass is 32.2. The molecule has 2 amide bonds. The zero-order valence-corrected chi connectivity index (χ0v) is 15.1. The molecule has 8 heteroatoms. The summed E-state index contributed by atoms with van der Waals surface area (Å²) in [5, 5.41) is 8.54. The number of aliphatic imine (C=N–C) groups is 1. The topological polar surface area (TPSA) is 123 Å². The van der Waals surface area contributed by atoms with Crippen molar-refractivity contribution >= 4 is 27.8 Å². The fourth-order valence-corrected chi connectivity index (χ4v) is 4.46. The summed E-state index contributed by atoms with van der Waals surface area (Å²) in [5.74, 6) is 0. The van der Waals surface area contributed by atoms with Crippen molar-refractivity contribution in [1.29, 1.82) is 0 Å². The highest BCUT2D eigenvalue weighted by Gasteiger charge is 2.25. The van der Waals surface area contributed by atoms with Crippen molar-refractivity contribution in [2.75, 3.05) is 12.4 Å². The van der Waals surface area contributed by atoms with E-state index in [1.165, 1.54) is 35.5 Å². The smallest absolute Gasteiger partial charge is 0.354 e. The second-order valence-corrected chi connectivity index (χ2v) is 8.07. The molecular weight excluding hydrogens is 338 g/mol. The van der Waals surface area contributed by atoms with E-state index in [0.29, 0.717) is 0 Å². The molecular formula is C17H23N5O2S. The SMILES string of the molecule is CN=CC(=CN)S(N)(=O)=NC(=O)Nc1c2c(cc3c1CCC3)CCC2. The van der Waals surface area contributed by atoms with E-state index in [-0.39, 0.29) is 4.91 Å². The van der Waals surface area contributed by atoms with E-state index >= 15 is 0 Å². The number of hydrogen-bond acceptors (Lipinski definition) is 4. The summed E-state index contributed by atoms with van der Waals surface area (Å²) in [6.07, 6.45) is 8.41. The first kappa shape index (κ1) is 17.6. The minimum absolute atomic E-state index is 0.0219. The van der Waals surface area contributed by atoms with Crippen molar-refractivity contribution in [3.63, 3.8) is 0 Å². The Morgan fingerprint density at radius 2 is 1.80 bits per heavy atom. The number of benzene rings is 1. The highest BCUT2D eigenvalue weighted by molar-refractivity contribution is 7.96. The number of aryl methyl sites for hydroxylation is 2. The van der Waals surface area contributed by atoms with Gasteiger partial charge in [0.1, 0.15) is 9.92 Å². The van der Waals surface area contributed by atoms with Gasteiger partial charge in [-0.25, -0.2) is 14.1 Å². The van der Waals surface area contributed by atoms with Crippen LogP contribution in [0, 0.1) is 0 Å². The highest BCUT2D eigenvalue weighted by Crippen LogP contribution is 2.38. The molecule has 0 fully saturated rings. The van der Waals surface area contributed by atoms with Crippen LogP contribution in [0.25, 0.3) is 0 Å². The number of carbonyl (C=O) groups excluding carboxylic acids is 1. The number of amides is 2. The van der Waals surface area contributed by atoms with Crippen LogP contribution in [0.5, 0.6) is 0 Å². The molecule has 0 aromatic heterocycles. The lowest BCUT2D eigenvalue weighted by atomic mass is 9.99. The maximum atomic E-state index is 12.5. The van der Waals surface area contributed by atoms with E-state index in [4.69, 9.17) is 10.9 Å². The van der Waals surface area contributed by atoms with E-state index in [1.807, 2.05) is 0 Å². The quantitative estimate of drug-likeness (QED) is 0.714. The predicted molar refractivity (Wildman–Crippen MR) is 101 cm³/mol. The standard InChI is InChI=1S/C17H23N5O2S/c1-20-10-13(9-18)25(19,24)22-17(23)21-16-14-6-2-4-11(14)8-12-5-3-7-15(12)16/h8-10H,2-7,18H2,1H3,(H3,19,21,22,23,24). The average molecular weight is 361 g/mol. The molecule has 0 aliphatic heterocycles. The number of urea groups is 1. The summed E-state index contributed by atoms with van der Waals surface area (Å²) in [5.41, 5.74) is 11.2. The first-order chi connectivity index (χ1) is 12.0. The van der Waals surface area contributed by atoms with Crippen LogP contribution in [0.15, 0.2) is 26.5 Å². The fraction of sp³-hybridized carbons (Fsp3) is 0.412. The first-order valence-electron chi connectivity index (χ1n) is 8.32. The van der Waals surface area contributed by atoms with Crippen molar-refractivity contribution in [3.05, 3.63) is 39.4 Å². The molecule has 0 saturated carbocycles. The van der Waals surface area contributed by atoms with Crippen LogP contribution in [0.3, 0.4) is 0 Å². The van der Waals surface area contributed by atoms with Gasteiger partial charge in [0.05, 0.1) is 4.91 Å². The van der Waals surface area contributed by atoms with E-state index in [0.717, 1.165) is 50.4 Å². The lowest BCUT2D eigenvalue weighted by Crippen LogP contribution is -2.21. The van der Waals surface area contributed by atoms with Crippen LogP contribution >= 0.6 is 0 Å². The Hall–Kier alpha value is -2.19. The molecule has 3 rings (SSSR count). The van der Waals surface area contributed by atoms with Crippen molar-refractivity contribution in [1.82, 2.24) is 0 Å². The predicted octanol–water partition coefficient (Wildman–Crippen LogP) is 2.04. The van der Waals surface area contributed by atoms with Crippen LogP contribution in [-0.4, -0.2) is 23.5 Å². The number of hydrogen-bond donors (Lipinski definition) is 3.